The number of hydrogen-bond acceptors (Lipinski definition) is 4. The Morgan fingerprint density at radius 1 is 1.29 bits per heavy atom. The number of aromatic nitrogens is 1. The van der Waals surface area contributed by atoms with Crippen LogP contribution in [0, 0.1) is 6.92 Å². The Labute approximate surface area is 128 Å². The molecule has 0 fully saturated rings. The Morgan fingerprint density at radius 3 is 2.52 bits per heavy atom. The molecule has 0 amide bonds. The van der Waals surface area contributed by atoms with E-state index in [1.54, 1.807) is 37.3 Å². The molecule has 1 aromatic heterocycles. The Balaban J connectivity index is 2.50. The van der Waals surface area contributed by atoms with Crippen LogP contribution in [-0.4, -0.2) is 31.7 Å². The van der Waals surface area contributed by atoms with Crippen molar-refractivity contribution in [1.82, 2.24) is 4.98 Å². The number of sulfonamides is 1. The van der Waals surface area contributed by atoms with E-state index in [4.69, 9.17) is 16.7 Å². The molecule has 0 atom stereocenters. The lowest BCUT2D eigenvalue weighted by Gasteiger charge is -2.23. The van der Waals surface area contributed by atoms with Gasteiger partial charge in [-0.25, -0.2) is 13.4 Å². The van der Waals surface area contributed by atoms with E-state index >= 15 is 0 Å². The van der Waals surface area contributed by atoms with Gasteiger partial charge in [-0.2, -0.15) is 0 Å². The van der Waals surface area contributed by atoms with Crippen LogP contribution in [0.15, 0.2) is 47.5 Å². The summed E-state index contributed by atoms with van der Waals surface area (Å²) in [5, 5.41) is 9.43. The van der Waals surface area contributed by atoms with Gasteiger partial charge in [0.15, 0.2) is 0 Å². The Morgan fingerprint density at radius 2 is 1.95 bits per heavy atom. The average Bonchev–Trinajstić information content (AvgIpc) is 2.48. The molecule has 112 valence electrons. The van der Waals surface area contributed by atoms with E-state index in [2.05, 4.69) is 4.98 Å². The van der Waals surface area contributed by atoms with Crippen LogP contribution in [0.2, 0.25) is 5.15 Å². The largest absolute Gasteiger partial charge is 0.394 e. The third-order valence-corrected chi connectivity index (χ3v) is 5.11. The molecule has 0 spiro atoms. The van der Waals surface area contributed by atoms with E-state index in [9.17, 15) is 8.42 Å². The van der Waals surface area contributed by atoms with Crippen molar-refractivity contribution in [2.24, 2.45) is 0 Å². The van der Waals surface area contributed by atoms with Crippen molar-refractivity contribution < 1.29 is 13.5 Å². The topological polar surface area (TPSA) is 70.5 Å². The first kappa shape index (κ1) is 15.8. The summed E-state index contributed by atoms with van der Waals surface area (Å²) in [7, 11) is -3.80. The Kier molecular flexibility index (Phi) is 4.82. The maximum atomic E-state index is 12.7. The summed E-state index contributed by atoms with van der Waals surface area (Å²) in [6.45, 7) is 1.37. The highest BCUT2D eigenvalue weighted by molar-refractivity contribution is 7.92. The minimum atomic E-state index is -3.80. The molecule has 0 aliphatic heterocycles. The van der Waals surface area contributed by atoms with Crippen LogP contribution in [0.4, 0.5) is 5.69 Å². The predicted octanol–water partition coefficient (Wildman–Crippen LogP) is 2.23. The number of aryl methyl sites for hydroxylation is 1. The number of para-hydroxylation sites is 1. The maximum Gasteiger partial charge on any atom is 0.265 e. The number of nitrogens with zero attached hydrogens (tertiary/aromatic N) is 2. The number of pyridine rings is 1. The lowest BCUT2D eigenvalue weighted by molar-refractivity contribution is 0.306. The predicted molar refractivity (Wildman–Crippen MR) is 82.0 cm³/mol. The molecule has 7 heteroatoms. The van der Waals surface area contributed by atoms with E-state index in [0.717, 1.165) is 4.31 Å². The van der Waals surface area contributed by atoms with Crippen LogP contribution in [0.25, 0.3) is 0 Å². The van der Waals surface area contributed by atoms with Crippen molar-refractivity contribution in [1.29, 1.82) is 0 Å². The SMILES string of the molecule is Cc1cc(S(=O)(=O)N(CCO)c2ccccc2)cnc1Cl. The van der Waals surface area contributed by atoms with Gasteiger partial charge in [0, 0.05) is 6.20 Å². The molecule has 0 aliphatic carbocycles. The van der Waals surface area contributed by atoms with Crippen LogP contribution in [0.3, 0.4) is 0 Å². The minimum Gasteiger partial charge on any atom is -0.394 e. The first-order valence-electron chi connectivity index (χ1n) is 6.27. The summed E-state index contributed by atoms with van der Waals surface area (Å²) >= 11 is 5.83. The minimum absolute atomic E-state index is 0.0337. The van der Waals surface area contributed by atoms with Crippen molar-refractivity contribution in [3.05, 3.63) is 53.3 Å². The zero-order valence-corrected chi connectivity index (χ0v) is 13.0. The summed E-state index contributed by atoms with van der Waals surface area (Å²) in [5.41, 5.74) is 1.06. The summed E-state index contributed by atoms with van der Waals surface area (Å²) in [5.74, 6) is 0. The molecule has 1 N–H and O–H groups in total. The van der Waals surface area contributed by atoms with Crippen LogP contribution in [0.5, 0.6) is 0 Å². The van der Waals surface area contributed by atoms with Gasteiger partial charge in [0.25, 0.3) is 10.0 Å². The lowest BCUT2D eigenvalue weighted by Crippen LogP contribution is -2.33. The fourth-order valence-electron chi connectivity index (χ4n) is 1.87. The molecule has 0 bridgehead atoms. The highest BCUT2D eigenvalue weighted by atomic mass is 35.5. The highest BCUT2D eigenvalue weighted by Gasteiger charge is 2.25. The average molecular weight is 327 g/mol. The standard InChI is InChI=1S/C14H15ClN2O3S/c1-11-9-13(10-16-14(11)15)21(19,20)17(7-8-18)12-5-3-2-4-6-12/h2-6,9-10,18H,7-8H2,1H3. The second kappa shape index (κ2) is 6.43. The molecule has 1 heterocycles. The number of benzene rings is 1. The number of halogens is 1. The van der Waals surface area contributed by atoms with Gasteiger partial charge in [0.05, 0.1) is 18.8 Å². The van der Waals surface area contributed by atoms with Crippen LogP contribution in [-0.2, 0) is 10.0 Å². The Bertz CT molecular complexity index is 720. The molecule has 0 unspecified atom stereocenters. The summed E-state index contributed by atoms with van der Waals surface area (Å²) in [4.78, 5) is 3.92. The highest BCUT2D eigenvalue weighted by Crippen LogP contribution is 2.24. The molecule has 0 saturated carbocycles. The van der Waals surface area contributed by atoms with Crippen molar-refractivity contribution in [3.8, 4) is 0 Å². The maximum absolute atomic E-state index is 12.7. The van der Waals surface area contributed by atoms with E-state index in [-0.39, 0.29) is 23.2 Å². The van der Waals surface area contributed by atoms with Gasteiger partial charge in [-0.3, -0.25) is 4.31 Å². The first-order valence-corrected chi connectivity index (χ1v) is 8.09. The fraction of sp³-hybridized carbons (Fsp3) is 0.214. The van der Waals surface area contributed by atoms with Crippen molar-refractivity contribution in [2.75, 3.05) is 17.5 Å². The molecule has 1 aromatic carbocycles. The molecular formula is C14H15ClN2O3S. The second-order valence-corrected chi connectivity index (χ2v) is 6.64. The van der Waals surface area contributed by atoms with Crippen molar-refractivity contribution in [2.45, 2.75) is 11.8 Å². The Hall–Kier alpha value is -1.63. The zero-order valence-electron chi connectivity index (χ0n) is 11.4. The quantitative estimate of drug-likeness (QED) is 0.855. The molecular weight excluding hydrogens is 312 g/mol. The van der Waals surface area contributed by atoms with Crippen molar-refractivity contribution >= 4 is 27.3 Å². The monoisotopic (exact) mass is 326 g/mol. The molecule has 2 rings (SSSR count). The normalized spacial score (nSPS) is 11.4. The molecule has 5 nitrogen and oxygen atoms in total. The van der Waals surface area contributed by atoms with Gasteiger partial charge in [-0.05, 0) is 30.7 Å². The van der Waals surface area contributed by atoms with Crippen molar-refractivity contribution in [3.63, 3.8) is 0 Å². The summed E-state index contributed by atoms with van der Waals surface area (Å²) in [6, 6.07) is 10.1. The third kappa shape index (κ3) is 3.34. The smallest absolute Gasteiger partial charge is 0.265 e. The molecule has 0 saturated heterocycles. The molecule has 0 aliphatic rings. The van der Waals surface area contributed by atoms with Crippen LogP contribution < -0.4 is 4.31 Å². The number of hydrogen-bond donors (Lipinski definition) is 1. The van der Waals surface area contributed by atoms with E-state index < -0.39 is 10.0 Å². The van der Waals surface area contributed by atoms with Gasteiger partial charge in [0.1, 0.15) is 10.0 Å². The van der Waals surface area contributed by atoms with E-state index in [0.29, 0.717) is 11.3 Å². The number of aliphatic hydroxyl groups is 1. The van der Waals surface area contributed by atoms with Gasteiger partial charge in [0.2, 0.25) is 0 Å². The van der Waals surface area contributed by atoms with Gasteiger partial charge < -0.3 is 5.11 Å². The van der Waals surface area contributed by atoms with Crippen LogP contribution in [0.1, 0.15) is 5.56 Å². The fourth-order valence-corrected chi connectivity index (χ4v) is 3.46. The van der Waals surface area contributed by atoms with E-state index in [1.165, 1.54) is 12.3 Å². The number of rotatable bonds is 5. The summed E-state index contributed by atoms with van der Waals surface area (Å²) < 4.78 is 26.6. The van der Waals surface area contributed by atoms with Gasteiger partial charge >= 0.3 is 0 Å². The number of aliphatic hydroxyl groups excluding tert-OH is 1. The molecule has 2 aromatic rings. The molecule has 21 heavy (non-hydrogen) atoms. The van der Waals surface area contributed by atoms with Crippen LogP contribution >= 0.6 is 11.6 Å². The van der Waals surface area contributed by atoms with Gasteiger partial charge in [-0.15, -0.1) is 0 Å². The zero-order chi connectivity index (χ0) is 15.5. The first-order chi connectivity index (χ1) is 9.96. The summed E-state index contributed by atoms with van der Waals surface area (Å²) in [6.07, 6.45) is 1.22. The van der Waals surface area contributed by atoms with Gasteiger partial charge in [-0.1, -0.05) is 29.8 Å². The van der Waals surface area contributed by atoms with E-state index in [1.807, 2.05) is 0 Å². The molecule has 0 radical (unpaired) electrons. The second-order valence-electron chi connectivity index (χ2n) is 4.42. The third-order valence-electron chi connectivity index (χ3n) is 2.92. The lowest BCUT2D eigenvalue weighted by atomic mass is 10.3. The number of anilines is 1.